The fourth-order valence-corrected chi connectivity index (χ4v) is 5.69. The highest BCUT2D eigenvalue weighted by Gasteiger charge is 2.21. The second kappa shape index (κ2) is 24.2. The molecule has 1 fully saturated rings. The Hall–Kier alpha value is -0.160. The molecule has 1 saturated heterocycles. The number of piperazine rings is 1. The average Bonchev–Trinajstić information content (AvgIpc) is 2.87. The van der Waals surface area contributed by atoms with Crippen LogP contribution in [0.4, 0.5) is 0 Å². The molecular weight excluding hydrogens is 432 g/mol. The van der Waals surface area contributed by atoms with Crippen LogP contribution in [-0.4, -0.2) is 72.0 Å². The fraction of sp³-hybridized carbons (Fsp3) is 1.00. The molecule has 4 nitrogen and oxygen atoms in total. The summed E-state index contributed by atoms with van der Waals surface area (Å²) in [5, 5.41) is 18.9. The van der Waals surface area contributed by atoms with Gasteiger partial charge in [0.25, 0.3) is 0 Å². The van der Waals surface area contributed by atoms with Crippen molar-refractivity contribution in [1.82, 2.24) is 9.80 Å². The van der Waals surface area contributed by atoms with E-state index in [1.165, 1.54) is 135 Å². The maximum Gasteiger partial charge on any atom is 0.0897 e. The van der Waals surface area contributed by atoms with Crippen LogP contribution >= 0.6 is 0 Å². The zero-order chi connectivity index (χ0) is 25.4. The Labute approximate surface area is 220 Å². The van der Waals surface area contributed by atoms with Gasteiger partial charge >= 0.3 is 0 Å². The van der Waals surface area contributed by atoms with E-state index in [0.29, 0.717) is 6.54 Å². The summed E-state index contributed by atoms with van der Waals surface area (Å²) in [5.74, 6) is 0.860. The fourth-order valence-electron chi connectivity index (χ4n) is 5.69. The van der Waals surface area contributed by atoms with Gasteiger partial charge in [0.1, 0.15) is 0 Å². The minimum absolute atomic E-state index is 0.125. The first-order valence-electron chi connectivity index (χ1n) is 15.9. The average molecular weight is 497 g/mol. The third-order valence-corrected chi connectivity index (χ3v) is 8.09. The van der Waals surface area contributed by atoms with Gasteiger partial charge in [0.15, 0.2) is 0 Å². The molecule has 210 valence electrons. The van der Waals surface area contributed by atoms with Crippen molar-refractivity contribution < 1.29 is 10.2 Å². The minimum Gasteiger partial charge on any atom is -0.394 e. The van der Waals surface area contributed by atoms with Gasteiger partial charge in [0.05, 0.1) is 12.7 Å². The SMILES string of the molecule is CCCCCCCCCCCCC(CCCCCCCCCC)CN1CCN(CC(O)CO)CC1. The lowest BCUT2D eigenvalue weighted by molar-refractivity contribution is 0.0363. The van der Waals surface area contributed by atoms with E-state index in [1.807, 2.05) is 0 Å². The Balaban J connectivity index is 2.24. The molecule has 1 heterocycles. The zero-order valence-electron chi connectivity index (χ0n) is 24.0. The first-order chi connectivity index (χ1) is 17.2. The Morgan fingerprint density at radius 3 is 1.23 bits per heavy atom. The number of hydrogen-bond acceptors (Lipinski definition) is 4. The van der Waals surface area contributed by atoms with Crippen LogP contribution in [0.3, 0.4) is 0 Å². The number of β-amino-alcohol motifs (C(OH)–C–C–N with tert-alkyl or cyclic N) is 1. The van der Waals surface area contributed by atoms with Gasteiger partial charge in [-0.15, -0.1) is 0 Å². The Morgan fingerprint density at radius 1 is 0.514 bits per heavy atom. The molecular formula is C31H64N2O2. The Bertz CT molecular complexity index is 426. The maximum absolute atomic E-state index is 9.74. The largest absolute Gasteiger partial charge is 0.394 e. The highest BCUT2D eigenvalue weighted by Crippen LogP contribution is 2.21. The van der Waals surface area contributed by atoms with Crippen molar-refractivity contribution in [3.63, 3.8) is 0 Å². The lowest BCUT2D eigenvalue weighted by atomic mass is 9.93. The van der Waals surface area contributed by atoms with E-state index in [2.05, 4.69) is 23.6 Å². The molecule has 0 saturated carbocycles. The summed E-state index contributed by atoms with van der Waals surface area (Å²) in [7, 11) is 0. The predicted molar refractivity (Wildman–Crippen MR) is 153 cm³/mol. The van der Waals surface area contributed by atoms with Gasteiger partial charge in [-0.1, -0.05) is 129 Å². The lowest BCUT2D eigenvalue weighted by Gasteiger charge is -2.37. The van der Waals surface area contributed by atoms with E-state index < -0.39 is 6.10 Å². The van der Waals surface area contributed by atoms with Crippen LogP contribution in [-0.2, 0) is 0 Å². The molecule has 1 aliphatic heterocycles. The van der Waals surface area contributed by atoms with Crippen molar-refractivity contribution in [2.45, 2.75) is 148 Å². The Morgan fingerprint density at radius 2 is 0.857 bits per heavy atom. The van der Waals surface area contributed by atoms with Crippen LogP contribution in [0.1, 0.15) is 142 Å². The molecule has 0 amide bonds. The van der Waals surface area contributed by atoms with Gasteiger partial charge in [0, 0.05) is 39.3 Å². The molecule has 0 aromatic rings. The molecule has 0 spiro atoms. The maximum atomic E-state index is 9.74. The van der Waals surface area contributed by atoms with Gasteiger partial charge in [-0.3, -0.25) is 4.90 Å². The number of rotatable bonds is 25. The van der Waals surface area contributed by atoms with Crippen molar-refractivity contribution in [2.24, 2.45) is 5.92 Å². The molecule has 1 rings (SSSR count). The molecule has 0 aromatic carbocycles. The van der Waals surface area contributed by atoms with Gasteiger partial charge in [-0.2, -0.15) is 0 Å². The summed E-state index contributed by atoms with van der Waals surface area (Å²) >= 11 is 0. The number of unbranched alkanes of at least 4 members (excludes halogenated alkanes) is 16. The summed E-state index contributed by atoms with van der Waals surface area (Å²) in [6.45, 7) is 10.6. The van der Waals surface area contributed by atoms with E-state index in [4.69, 9.17) is 5.11 Å². The van der Waals surface area contributed by atoms with Crippen LogP contribution < -0.4 is 0 Å². The first-order valence-corrected chi connectivity index (χ1v) is 15.9. The van der Waals surface area contributed by atoms with Gasteiger partial charge in [-0.25, -0.2) is 0 Å². The molecule has 35 heavy (non-hydrogen) atoms. The molecule has 1 aliphatic rings. The van der Waals surface area contributed by atoms with E-state index in [9.17, 15) is 5.11 Å². The second-order valence-electron chi connectivity index (χ2n) is 11.5. The summed E-state index contributed by atoms with van der Waals surface area (Å²) < 4.78 is 0. The van der Waals surface area contributed by atoms with E-state index in [0.717, 1.165) is 32.1 Å². The van der Waals surface area contributed by atoms with Crippen LogP contribution in [0.5, 0.6) is 0 Å². The van der Waals surface area contributed by atoms with Crippen molar-refractivity contribution in [2.75, 3.05) is 45.9 Å². The summed E-state index contributed by atoms with van der Waals surface area (Å²) in [5.41, 5.74) is 0. The molecule has 0 aromatic heterocycles. The molecule has 0 aliphatic carbocycles. The monoisotopic (exact) mass is 496 g/mol. The van der Waals surface area contributed by atoms with Crippen molar-refractivity contribution >= 4 is 0 Å². The molecule has 2 N–H and O–H groups in total. The smallest absolute Gasteiger partial charge is 0.0897 e. The highest BCUT2D eigenvalue weighted by molar-refractivity contribution is 4.76. The van der Waals surface area contributed by atoms with Gasteiger partial charge in [-0.05, 0) is 18.8 Å². The van der Waals surface area contributed by atoms with Crippen LogP contribution in [0.15, 0.2) is 0 Å². The number of nitrogens with zero attached hydrogens (tertiary/aromatic N) is 2. The third kappa shape index (κ3) is 19.6. The zero-order valence-corrected chi connectivity index (χ0v) is 24.0. The highest BCUT2D eigenvalue weighted by atomic mass is 16.3. The second-order valence-corrected chi connectivity index (χ2v) is 11.5. The van der Waals surface area contributed by atoms with E-state index >= 15 is 0 Å². The topological polar surface area (TPSA) is 46.9 Å². The normalized spacial score (nSPS) is 17.1. The van der Waals surface area contributed by atoms with E-state index in [-0.39, 0.29) is 6.61 Å². The van der Waals surface area contributed by atoms with Crippen LogP contribution in [0, 0.1) is 5.92 Å². The number of aliphatic hydroxyl groups excluding tert-OH is 2. The standard InChI is InChI=1S/C31H64N2O2/c1-3-5-7-9-11-13-14-16-18-20-22-30(21-19-17-15-12-10-8-6-4-2)27-32-23-25-33(26-24-32)28-31(35)29-34/h30-31,34-35H,3-29H2,1-2H3. The molecule has 2 unspecified atom stereocenters. The van der Waals surface area contributed by atoms with Gasteiger partial charge in [0.2, 0.25) is 0 Å². The van der Waals surface area contributed by atoms with Crippen molar-refractivity contribution in [3.8, 4) is 0 Å². The lowest BCUT2D eigenvalue weighted by Crippen LogP contribution is -2.50. The molecule has 2 atom stereocenters. The Kier molecular flexibility index (Phi) is 22.7. The third-order valence-electron chi connectivity index (χ3n) is 8.09. The van der Waals surface area contributed by atoms with Crippen molar-refractivity contribution in [3.05, 3.63) is 0 Å². The van der Waals surface area contributed by atoms with Crippen LogP contribution in [0.2, 0.25) is 0 Å². The molecule has 0 bridgehead atoms. The minimum atomic E-state index is -0.590. The quantitative estimate of drug-likeness (QED) is 0.129. The van der Waals surface area contributed by atoms with Crippen LogP contribution in [0.25, 0.3) is 0 Å². The predicted octanol–water partition coefficient (Wildman–Crippen LogP) is 7.42. The molecule has 4 heteroatoms. The van der Waals surface area contributed by atoms with Crippen molar-refractivity contribution in [1.29, 1.82) is 0 Å². The molecule has 0 radical (unpaired) electrons. The number of hydrogen-bond donors (Lipinski definition) is 2. The van der Waals surface area contributed by atoms with Gasteiger partial charge < -0.3 is 15.1 Å². The van der Waals surface area contributed by atoms with E-state index in [1.54, 1.807) is 0 Å². The summed E-state index contributed by atoms with van der Waals surface area (Å²) in [4.78, 5) is 4.99. The number of aliphatic hydroxyl groups is 2. The summed E-state index contributed by atoms with van der Waals surface area (Å²) in [6.07, 6.45) is 27.8. The first kappa shape index (κ1) is 32.9. The summed E-state index contributed by atoms with van der Waals surface area (Å²) in [6, 6.07) is 0.